The lowest BCUT2D eigenvalue weighted by molar-refractivity contribution is -0.141. The molecule has 1 unspecified atom stereocenters. The molecule has 0 aliphatic carbocycles. The van der Waals surface area contributed by atoms with Gasteiger partial charge in [-0.1, -0.05) is 20.3 Å². The van der Waals surface area contributed by atoms with Crippen molar-refractivity contribution in [2.75, 3.05) is 23.7 Å². The lowest BCUT2D eigenvalue weighted by Gasteiger charge is -2.27. The number of anilines is 2. The highest BCUT2D eigenvalue weighted by Gasteiger charge is 2.33. The van der Waals surface area contributed by atoms with E-state index in [2.05, 4.69) is 18.8 Å². The molecule has 19 heavy (non-hydrogen) atoms. The first-order valence-corrected chi connectivity index (χ1v) is 6.37. The van der Waals surface area contributed by atoms with Gasteiger partial charge in [0.2, 0.25) is 0 Å². The molecule has 1 aromatic rings. The summed E-state index contributed by atoms with van der Waals surface area (Å²) in [6, 6.07) is 1.03. The zero-order valence-corrected chi connectivity index (χ0v) is 11.5. The smallest absolute Gasteiger partial charge is 0.396 e. The van der Waals surface area contributed by atoms with Crippen molar-refractivity contribution in [3.63, 3.8) is 0 Å². The van der Waals surface area contributed by atoms with Crippen LogP contribution in [0.3, 0.4) is 0 Å². The first-order chi connectivity index (χ1) is 8.79. The fourth-order valence-corrected chi connectivity index (χ4v) is 1.79. The summed E-state index contributed by atoms with van der Waals surface area (Å²) in [6.07, 6.45) is -2.40. The van der Waals surface area contributed by atoms with Crippen LogP contribution < -0.4 is 10.6 Å². The average Bonchev–Trinajstić information content (AvgIpc) is 2.35. The third-order valence-electron chi connectivity index (χ3n) is 3.15. The maximum atomic E-state index is 12.7. The highest BCUT2D eigenvalue weighted by molar-refractivity contribution is 5.67. The number of hydrogen-bond acceptors (Lipinski definition) is 3. The fraction of sp³-hybridized carbons (Fsp3) is 0.615. The van der Waals surface area contributed by atoms with Crippen LogP contribution in [0.4, 0.5) is 24.5 Å². The number of aromatic nitrogens is 1. The largest absolute Gasteiger partial charge is 0.433 e. The van der Waals surface area contributed by atoms with Gasteiger partial charge in [-0.2, -0.15) is 13.2 Å². The highest BCUT2D eigenvalue weighted by atomic mass is 19.4. The van der Waals surface area contributed by atoms with Gasteiger partial charge in [-0.05, 0) is 18.9 Å². The van der Waals surface area contributed by atoms with Crippen molar-refractivity contribution < 1.29 is 13.2 Å². The maximum Gasteiger partial charge on any atom is 0.433 e. The third kappa shape index (κ3) is 4.01. The SMILES string of the molecule is CCC(C)CN(CC)c1cc(C(F)(F)F)ncc1N. The first-order valence-electron chi connectivity index (χ1n) is 6.37. The van der Waals surface area contributed by atoms with Crippen LogP contribution in [-0.4, -0.2) is 18.1 Å². The van der Waals surface area contributed by atoms with Crippen LogP contribution in [0, 0.1) is 5.92 Å². The fourth-order valence-electron chi connectivity index (χ4n) is 1.79. The van der Waals surface area contributed by atoms with Crippen LogP contribution >= 0.6 is 0 Å². The number of pyridine rings is 1. The van der Waals surface area contributed by atoms with Gasteiger partial charge in [0.1, 0.15) is 5.69 Å². The van der Waals surface area contributed by atoms with Gasteiger partial charge >= 0.3 is 6.18 Å². The summed E-state index contributed by atoms with van der Waals surface area (Å²) in [6.45, 7) is 7.30. The molecule has 0 saturated heterocycles. The molecule has 0 bridgehead atoms. The van der Waals surface area contributed by atoms with Gasteiger partial charge in [-0.3, -0.25) is 0 Å². The second kappa shape index (κ2) is 6.12. The normalized spacial score (nSPS) is 13.4. The molecule has 108 valence electrons. The Balaban J connectivity index is 3.09. The van der Waals surface area contributed by atoms with Crippen LogP contribution in [0.15, 0.2) is 12.3 Å². The Bertz CT molecular complexity index is 418. The lowest BCUT2D eigenvalue weighted by Crippen LogP contribution is -2.29. The van der Waals surface area contributed by atoms with Gasteiger partial charge in [0.05, 0.1) is 17.6 Å². The topological polar surface area (TPSA) is 42.2 Å². The van der Waals surface area contributed by atoms with E-state index in [-0.39, 0.29) is 5.69 Å². The predicted octanol–water partition coefficient (Wildman–Crippen LogP) is 3.56. The van der Waals surface area contributed by atoms with Gasteiger partial charge < -0.3 is 10.6 Å². The van der Waals surface area contributed by atoms with Crippen LogP contribution in [-0.2, 0) is 6.18 Å². The van der Waals surface area contributed by atoms with Crippen LogP contribution in [0.25, 0.3) is 0 Å². The number of rotatable bonds is 5. The van der Waals surface area contributed by atoms with E-state index in [4.69, 9.17) is 5.73 Å². The Morgan fingerprint density at radius 2 is 2.00 bits per heavy atom. The quantitative estimate of drug-likeness (QED) is 0.893. The van der Waals surface area contributed by atoms with Crippen molar-refractivity contribution in [1.29, 1.82) is 0 Å². The molecular formula is C13H20F3N3. The van der Waals surface area contributed by atoms with E-state index in [1.807, 2.05) is 11.8 Å². The van der Waals surface area contributed by atoms with Crippen LogP contribution in [0.5, 0.6) is 0 Å². The summed E-state index contributed by atoms with van der Waals surface area (Å²) in [7, 11) is 0. The first kappa shape index (κ1) is 15.6. The summed E-state index contributed by atoms with van der Waals surface area (Å²) in [5.74, 6) is 0.391. The third-order valence-corrected chi connectivity index (χ3v) is 3.15. The minimum absolute atomic E-state index is 0.276. The predicted molar refractivity (Wildman–Crippen MR) is 71.0 cm³/mol. The van der Waals surface area contributed by atoms with Gasteiger partial charge in [0.25, 0.3) is 0 Å². The minimum Gasteiger partial charge on any atom is -0.396 e. The van der Waals surface area contributed by atoms with Crippen LogP contribution in [0.2, 0.25) is 0 Å². The van der Waals surface area contributed by atoms with Gasteiger partial charge in [-0.25, -0.2) is 4.98 Å². The Labute approximate surface area is 111 Å². The maximum absolute atomic E-state index is 12.7. The standard InChI is InChI=1S/C13H20F3N3/c1-4-9(3)8-19(5-2)11-6-12(13(14,15)16)18-7-10(11)17/h6-7,9H,4-5,8,17H2,1-3H3. The average molecular weight is 275 g/mol. The van der Waals surface area contributed by atoms with Crippen molar-refractivity contribution in [3.8, 4) is 0 Å². The Morgan fingerprint density at radius 3 is 2.47 bits per heavy atom. The summed E-state index contributed by atoms with van der Waals surface area (Å²) in [5.41, 5.74) is 5.54. The number of halogens is 3. The second-order valence-corrected chi connectivity index (χ2v) is 4.68. The van der Waals surface area contributed by atoms with E-state index in [9.17, 15) is 13.2 Å². The van der Waals surface area contributed by atoms with Crippen molar-refractivity contribution in [3.05, 3.63) is 18.0 Å². The van der Waals surface area contributed by atoms with E-state index >= 15 is 0 Å². The van der Waals surface area contributed by atoms with E-state index in [0.717, 1.165) is 18.7 Å². The number of nitrogens with zero attached hydrogens (tertiary/aromatic N) is 2. The number of nitrogen functional groups attached to an aromatic ring is 1. The Kier molecular flexibility index (Phi) is 5.03. The number of hydrogen-bond donors (Lipinski definition) is 1. The summed E-state index contributed by atoms with van der Waals surface area (Å²) in [4.78, 5) is 5.21. The molecule has 0 spiro atoms. The van der Waals surface area contributed by atoms with Crippen molar-refractivity contribution in [2.45, 2.75) is 33.4 Å². The van der Waals surface area contributed by atoms with E-state index < -0.39 is 11.9 Å². The zero-order chi connectivity index (χ0) is 14.6. The molecule has 1 rings (SSSR count). The summed E-state index contributed by atoms with van der Waals surface area (Å²) in [5, 5.41) is 0. The molecule has 1 atom stereocenters. The van der Waals surface area contributed by atoms with Gasteiger partial charge in [0.15, 0.2) is 0 Å². The molecule has 1 aromatic heterocycles. The van der Waals surface area contributed by atoms with E-state index in [1.54, 1.807) is 0 Å². The molecule has 0 fully saturated rings. The van der Waals surface area contributed by atoms with E-state index in [1.165, 1.54) is 0 Å². The minimum atomic E-state index is -4.45. The molecule has 0 saturated carbocycles. The molecule has 0 aliphatic rings. The number of alkyl halides is 3. The van der Waals surface area contributed by atoms with Crippen molar-refractivity contribution in [1.82, 2.24) is 4.98 Å². The Morgan fingerprint density at radius 1 is 1.37 bits per heavy atom. The van der Waals surface area contributed by atoms with Crippen molar-refractivity contribution in [2.24, 2.45) is 5.92 Å². The number of nitrogens with two attached hydrogens (primary N) is 1. The lowest BCUT2D eigenvalue weighted by atomic mass is 10.1. The van der Waals surface area contributed by atoms with Gasteiger partial charge in [0, 0.05) is 13.1 Å². The van der Waals surface area contributed by atoms with Crippen molar-refractivity contribution >= 4 is 11.4 Å². The Hall–Kier alpha value is -1.46. The van der Waals surface area contributed by atoms with E-state index in [0.29, 0.717) is 24.7 Å². The molecule has 0 aromatic carbocycles. The molecule has 3 nitrogen and oxygen atoms in total. The highest BCUT2D eigenvalue weighted by Crippen LogP contribution is 2.33. The van der Waals surface area contributed by atoms with Crippen LogP contribution in [0.1, 0.15) is 32.9 Å². The molecule has 0 radical (unpaired) electrons. The molecule has 0 aliphatic heterocycles. The zero-order valence-electron chi connectivity index (χ0n) is 11.5. The molecule has 6 heteroatoms. The molecule has 2 N–H and O–H groups in total. The molecular weight excluding hydrogens is 255 g/mol. The molecule has 1 heterocycles. The summed E-state index contributed by atoms with van der Waals surface area (Å²) >= 11 is 0. The monoisotopic (exact) mass is 275 g/mol. The summed E-state index contributed by atoms with van der Waals surface area (Å²) < 4.78 is 38.0. The second-order valence-electron chi connectivity index (χ2n) is 4.68. The van der Waals surface area contributed by atoms with Gasteiger partial charge in [-0.15, -0.1) is 0 Å². The molecule has 0 amide bonds.